The van der Waals surface area contributed by atoms with Crippen molar-refractivity contribution in [1.82, 2.24) is 14.3 Å². The Labute approximate surface area is 167 Å². The molecule has 0 radical (unpaired) electrons. The van der Waals surface area contributed by atoms with Crippen LogP contribution in [0, 0.1) is 11.3 Å². The van der Waals surface area contributed by atoms with Crippen molar-refractivity contribution in [2.75, 3.05) is 31.7 Å². The van der Waals surface area contributed by atoms with Gasteiger partial charge in [-0.1, -0.05) is 12.1 Å². The first kappa shape index (κ1) is 19.1. The second-order valence-corrected chi connectivity index (χ2v) is 8.27. The van der Waals surface area contributed by atoms with Crippen LogP contribution < -0.4 is 5.43 Å². The van der Waals surface area contributed by atoms with E-state index in [1.165, 1.54) is 16.4 Å². The minimum Gasteiger partial charge on any atom is -0.379 e. The van der Waals surface area contributed by atoms with E-state index in [-0.39, 0.29) is 10.6 Å². The van der Waals surface area contributed by atoms with Crippen LogP contribution in [-0.2, 0) is 14.8 Å². The molecule has 0 amide bonds. The zero-order valence-electron chi connectivity index (χ0n) is 15.4. The van der Waals surface area contributed by atoms with Gasteiger partial charge in [-0.3, -0.25) is 5.43 Å². The van der Waals surface area contributed by atoms with Crippen molar-refractivity contribution < 1.29 is 13.2 Å². The number of nitriles is 1. The second kappa shape index (κ2) is 8.00. The van der Waals surface area contributed by atoms with Gasteiger partial charge in [0.15, 0.2) is 5.82 Å². The maximum atomic E-state index is 12.6. The molecule has 4 rings (SSSR count). The standard InChI is InChI=1S/C19H18N6O3S/c20-13-18(19-21-16-3-1-2-4-17(16)22-19)24-23-14-5-7-15(8-6-14)29(26,27)25-9-11-28-12-10-25/h1-8,23H,9-12H2,(H,21,22)/b24-18+. The fourth-order valence-electron chi connectivity index (χ4n) is 2.95. The summed E-state index contributed by atoms with van der Waals surface area (Å²) >= 11 is 0. The summed E-state index contributed by atoms with van der Waals surface area (Å²) in [5.41, 5.74) is 4.96. The Kier molecular flexibility index (Phi) is 5.26. The Morgan fingerprint density at radius 1 is 1.17 bits per heavy atom. The van der Waals surface area contributed by atoms with Gasteiger partial charge < -0.3 is 9.72 Å². The number of para-hydroxylation sites is 2. The summed E-state index contributed by atoms with van der Waals surface area (Å²) < 4.78 is 31.9. The first-order valence-corrected chi connectivity index (χ1v) is 10.4. The molecule has 0 atom stereocenters. The minimum atomic E-state index is -3.55. The molecule has 148 valence electrons. The lowest BCUT2D eigenvalue weighted by Gasteiger charge is -2.26. The summed E-state index contributed by atoms with van der Waals surface area (Å²) in [4.78, 5) is 7.60. The van der Waals surface area contributed by atoms with Crippen molar-refractivity contribution in [1.29, 1.82) is 5.26 Å². The molecule has 1 aliphatic rings. The molecular weight excluding hydrogens is 392 g/mol. The number of hydrogen-bond donors (Lipinski definition) is 2. The molecule has 10 heteroatoms. The van der Waals surface area contributed by atoms with Gasteiger partial charge in [-0.25, -0.2) is 13.4 Å². The van der Waals surface area contributed by atoms with Crippen LogP contribution in [0.2, 0.25) is 0 Å². The average molecular weight is 410 g/mol. The third-order valence-electron chi connectivity index (χ3n) is 4.48. The number of nitrogens with one attached hydrogen (secondary N) is 2. The topological polar surface area (TPSA) is 123 Å². The van der Waals surface area contributed by atoms with E-state index in [2.05, 4.69) is 20.5 Å². The number of imidazole rings is 1. The van der Waals surface area contributed by atoms with E-state index in [0.717, 1.165) is 11.0 Å². The summed E-state index contributed by atoms with van der Waals surface area (Å²) in [5, 5.41) is 13.5. The molecular formula is C19H18N6O3S. The maximum absolute atomic E-state index is 12.6. The molecule has 1 aromatic heterocycles. The molecule has 3 aromatic rings. The van der Waals surface area contributed by atoms with Gasteiger partial charge in [0.05, 0.1) is 34.8 Å². The van der Waals surface area contributed by atoms with Crippen LogP contribution in [-0.4, -0.2) is 54.7 Å². The number of H-pyrrole nitrogens is 1. The number of sulfonamides is 1. The van der Waals surface area contributed by atoms with E-state index in [4.69, 9.17) is 4.74 Å². The van der Waals surface area contributed by atoms with Crippen molar-refractivity contribution in [3.63, 3.8) is 0 Å². The maximum Gasteiger partial charge on any atom is 0.243 e. The number of aromatic nitrogens is 2. The number of fused-ring (bicyclic) bond motifs is 1. The van der Waals surface area contributed by atoms with Crippen LogP contribution in [0.15, 0.2) is 58.5 Å². The van der Waals surface area contributed by atoms with Gasteiger partial charge in [-0.2, -0.15) is 14.7 Å². The fourth-order valence-corrected chi connectivity index (χ4v) is 4.36. The van der Waals surface area contributed by atoms with E-state index >= 15 is 0 Å². The Bertz CT molecular complexity index is 1160. The van der Waals surface area contributed by atoms with E-state index in [0.29, 0.717) is 37.8 Å². The molecule has 2 heterocycles. The van der Waals surface area contributed by atoms with Crippen molar-refractivity contribution in [3.05, 3.63) is 54.4 Å². The van der Waals surface area contributed by atoms with Gasteiger partial charge in [0.2, 0.25) is 15.7 Å². The van der Waals surface area contributed by atoms with Crippen LogP contribution in [0.3, 0.4) is 0 Å². The summed E-state index contributed by atoms with van der Waals surface area (Å²) in [7, 11) is -3.55. The lowest BCUT2D eigenvalue weighted by atomic mass is 10.3. The number of ether oxygens (including phenoxy) is 1. The molecule has 2 aromatic carbocycles. The number of aromatic amines is 1. The van der Waals surface area contributed by atoms with Crippen molar-refractivity contribution in [3.8, 4) is 6.07 Å². The highest BCUT2D eigenvalue weighted by molar-refractivity contribution is 7.89. The number of hydrazone groups is 1. The predicted octanol–water partition coefficient (Wildman–Crippen LogP) is 1.92. The molecule has 1 fully saturated rings. The zero-order valence-corrected chi connectivity index (χ0v) is 16.2. The number of morpholine rings is 1. The second-order valence-electron chi connectivity index (χ2n) is 6.33. The highest BCUT2D eigenvalue weighted by Crippen LogP contribution is 2.19. The van der Waals surface area contributed by atoms with Crippen LogP contribution in [0.5, 0.6) is 0 Å². The fraction of sp³-hybridized carbons (Fsp3) is 0.211. The van der Waals surface area contributed by atoms with E-state index in [1.807, 2.05) is 30.3 Å². The Morgan fingerprint density at radius 2 is 1.90 bits per heavy atom. The first-order chi connectivity index (χ1) is 14.1. The Balaban J connectivity index is 1.51. The average Bonchev–Trinajstić information content (AvgIpc) is 3.19. The van der Waals surface area contributed by atoms with Gasteiger partial charge in [0.1, 0.15) is 6.07 Å². The number of benzene rings is 2. The van der Waals surface area contributed by atoms with Gasteiger partial charge in [0, 0.05) is 13.1 Å². The third-order valence-corrected chi connectivity index (χ3v) is 6.39. The lowest BCUT2D eigenvalue weighted by Crippen LogP contribution is -2.40. The number of nitrogens with zero attached hydrogens (tertiary/aromatic N) is 4. The largest absolute Gasteiger partial charge is 0.379 e. The number of hydrogen-bond acceptors (Lipinski definition) is 7. The van der Waals surface area contributed by atoms with Gasteiger partial charge in [-0.15, -0.1) is 0 Å². The smallest absolute Gasteiger partial charge is 0.243 e. The Morgan fingerprint density at radius 3 is 2.59 bits per heavy atom. The molecule has 1 saturated heterocycles. The monoisotopic (exact) mass is 410 g/mol. The summed E-state index contributed by atoms with van der Waals surface area (Å²) in [6.07, 6.45) is 0. The lowest BCUT2D eigenvalue weighted by molar-refractivity contribution is 0.0730. The van der Waals surface area contributed by atoms with Crippen molar-refractivity contribution in [2.24, 2.45) is 5.10 Å². The molecule has 0 aliphatic carbocycles. The van der Waals surface area contributed by atoms with Gasteiger partial charge in [0.25, 0.3) is 0 Å². The van der Waals surface area contributed by atoms with E-state index in [1.54, 1.807) is 12.1 Å². The normalized spacial score (nSPS) is 15.9. The number of anilines is 1. The van der Waals surface area contributed by atoms with Gasteiger partial charge in [-0.05, 0) is 36.4 Å². The zero-order chi connectivity index (χ0) is 20.3. The predicted molar refractivity (Wildman–Crippen MR) is 108 cm³/mol. The minimum absolute atomic E-state index is 0.0891. The molecule has 9 nitrogen and oxygen atoms in total. The van der Waals surface area contributed by atoms with Crippen LogP contribution in [0.25, 0.3) is 11.0 Å². The summed E-state index contributed by atoms with van der Waals surface area (Å²) in [6.45, 7) is 1.48. The highest BCUT2D eigenvalue weighted by Gasteiger charge is 2.26. The molecule has 1 aliphatic heterocycles. The molecule has 0 bridgehead atoms. The van der Waals surface area contributed by atoms with Crippen LogP contribution in [0.1, 0.15) is 5.82 Å². The highest BCUT2D eigenvalue weighted by atomic mass is 32.2. The van der Waals surface area contributed by atoms with Crippen molar-refractivity contribution in [2.45, 2.75) is 4.90 Å². The molecule has 0 spiro atoms. The quantitative estimate of drug-likeness (QED) is 0.489. The van der Waals surface area contributed by atoms with E-state index < -0.39 is 10.0 Å². The molecule has 2 N–H and O–H groups in total. The summed E-state index contributed by atoms with van der Waals surface area (Å²) in [5.74, 6) is 0.354. The third kappa shape index (κ3) is 3.97. The Hall–Kier alpha value is -3.26. The van der Waals surface area contributed by atoms with E-state index in [9.17, 15) is 13.7 Å². The van der Waals surface area contributed by atoms with Crippen molar-refractivity contribution >= 4 is 32.5 Å². The molecule has 29 heavy (non-hydrogen) atoms. The number of rotatable bonds is 5. The van der Waals surface area contributed by atoms with Crippen LogP contribution >= 0.6 is 0 Å². The van der Waals surface area contributed by atoms with Crippen LogP contribution in [0.4, 0.5) is 5.69 Å². The SMILES string of the molecule is N#C/C(=N\Nc1ccc(S(=O)(=O)N2CCOCC2)cc1)c1nc2ccccc2[nH]1. The molecule has 0 unspecified atom stereocenters. The van der Waals surface area contributed by atoms with Gasteiger partial charge >= 0.3 is 0 Å². The summed E-state index contributed by atoms with van der Waals surface area (Å²) in [6, 6.07) is 15.7. The first-order valence-electron chi connectivity index (χ1n) is 8.95. The molecule has 0 saturated carbocycles.